The molecule has 2 atom stereocenters. The van der Waals surface area contributed by atoms with E-state index in [1.807, 2.05) is 18.2 Å². The van der Waals surface area contributed by atoms with Gasteiger partial charge in [-0.1, -0.05) is 18.5 Å². The van der Waals surface area contributed by atoms with Crippen LogP contribution in [-0.4, -0.2) is 69.3 Å². The Kier molecular flexibility index (Phi) is 5.49. The van der Waals surface area contributed by atoms with Crippen molar-refractivity contribution in [3.63, 3.8) is 0 Å². The van der Waals surface area contributed by atoms with Crippen LogP contribution in [0, 0.1) is 11.8 Å². The molecule has 1 saturated carbocycles. The Morgan fingerprint density at radius 1 is 1.13 bits per heavy atom. The number of carboxylic acid groups (broad SMARTS) is 1. The third-order valence-corrected chi connectivity index (χ3v) is 9.25. The van der Waals surface area contributed by atoms with E-state index in [1.165, 1.54) is 11.8 Å². The summed E-state index contributed by atoms with van der Waals surface area (Å²) in [5, 5.41) is 12.7. The first-order valence-electron chi connectivity index (χ1n) is 12.8. The predicted octanol–water partition coefficient (Wildman–Crippen LogP) is 3.11. The number of aryl methyl sites for hydroxylation is 1. The second-order valence-corrected chi connectivity index (χ2v) is 11.8. The number of aromatic nitrogens is 4. The van der Waals surface area contributed by atoms with Gasteiger partial charge < -0.3 is 31.4 Å². The molecule has 7 rings (SSSR count). The Bertz CT molecular complexity index is 1610. The fourth-order valence-corrected chi connectivity index (χ4v) is 6.91. The highest BCUT2D eigenvalue weighted by Gasteiger charge is 2.54. The molecule has 2 aliphatic heterocycles. The van der Waals surface area contributed by atoms with E-state index < -0.39 is 5.97 Å². The smallest absolute Gasteiger partial charge is 0.354 e. The number of anilines is 2. The van der Waals surface area contributed by atoms with Crippen molar-refractivity contribution in [2.24, 2.45) is 23.3 Å². The fourth-order valence-electron chi connectivity index (χ4n) is 5.77. The van der Waals surface area contributed by atoms with Crippen molar-refractivity contribution in [2.75, 3.05) is 36.0 Å². The molecular weight excluding hydrogens is 524 g/mol. The number of fused-ring (bicyclic) bond motifs is 3. The lowest BCUT2D eigenvalue weighted by Crippen LogP contribution is -2.56. The average Bonchev–Trinajstić information content (AvgIpc) is 3.20. The Hall–Kier alpha value is -3.12. The van der Waals surface area contributed by atoms with Crippen LogP contribution in [0.4, 0.5) is 11.5 Å². The minimum atomic E-state index is -1.06. The molecule has 0 bridgehead atoms. The van der Waals surface area contributed by atoms with E-state index >= 15 is 0 Å². The van der Waals surface area contributed by atoms with E-state index in [0.29, 0.717) is 46.3 Å². The molecule has 12 heteroatoms. The van der Waals surface area contributed by atoms with Gasteiger partial charge in [0.25, 0.3) is 0 Å². The van der Waals surface area contributed by atoms with Crippen LogP contribution in [0.15, 0.2) is 34.3 Å². The van der Waals surface area contributed by atoms with E-state index in [0.717, 1.165) is 52.4 Å². The summed E-state index contributed by atoms with van der Waals surface area (Å²) in [6, 6.07) is 7.86. The quantitative estimate of drug-likeness (QED) is 0.264. The molecule has 6 N–H and O–H groups in total. The van der Waals surface area contributed by atoms with Crippen LogP contribution in [-0.2, 0) is 6.42 Å². The maximum absolute atomic E-state index is 11.8. The zero-order valence-electron chi connectivity index (χ0n) is 20.7. The third-order valence-electron chi connectivity index (χ3n) is 7.97. The highest BCUT2D eigenvalue weighted by Crippen LogP contribution is 2.47. The van der Waals surface area contributed by atoms with Crippen molar-refractivity contribution >= 4 is 62.8 Å². The van der Waals surface area contributed by atoms with Gasteiger partial charge in [0.2, 0.25) is 0 Å². The van der Waals surface area contributed by atoms with Gasteiger partial charge >= 0.3 is 5.97 Å². The summed E-state index contributed by atoms with van der Waals surface area (Å²) in [6.45, 7) is 5.16. The molecule has 4 aromatic rings. The Morgan fingerprint density at radius 3 is 2.58 bits per heavy atom. The number of nitrogens with one attached hydrogen (secondary N) is 1. The van der Waals surface area contributed by atoms with E-state index in [4.69, 9.17) is 33.0 Å². The van der Waals surface area contributed by atoms with Gasteiger partial charge in [-0.25, -0.2) is 19.7 Å². The summed E-state index contributed by atoms with van der Waals surface area (Å²) in [4.78, 5) is 34.6. The predicted molar refractivity (Wildman–Crippen MR) is 148 cm³/mol. The molecule has 1 aliphatic carbocycles. The van der Waals surface area contributed by atoms with Gasteiger partial charge in [0, 0.05) is 59.9 Å². The number of carbonyl (C=O) groups is 1. The Balaban J connectivity index is 1.27. The number of hydrogen-bond acceptors (Lipinski definition) is 9. The van der Waals surface area contributed by atoms with Gasteiger partial charge in [-0.15, -0.1) is 0 Å². The number of nitrogens with two attached hydrogens (primary N) is 2. The highest BCUT2D eigenvalue weighted by atomic mass is 35.5. The van der Waals surface area contributed by atoms with Crippen LogP contribution in [0.1, 0.15) is 23.1 Å². The molecule has 0 spiro atoms. The molecule has 1 aromatic carbocycles. The number of halogens is 1. The molecule has 0 amide bonds. The second-order valence-electron chi connectivity index (χ2n) is 10.4. The first-order valence-corrected chi connectivity index (χ1v) is 13.9. The van der Waals surface area contributed by atoms with Crippen LogP contribution in [0.5, 0.6) is 0 Å². The molecule has 5 heterocycles. The number of nitrogens with zero attached hydrogens (tertiary/aromatic N) is 5. The van der Waals surface area contributed by atoms with Gasteiger partial charge in [0.05, 0.1) is 15.9 Å². The zero-order chi connectivity index (χ0) is 26.3. The molecule has 3 fully saturated rings. The summed E-state index contributed by atoms with van der Waals surface area (Å²) in [6.07, 6.45) is 0.764. The van der Waals surface area contributed by atoms with Crippen molar-refractivity contribution < 1.29 is 9.90 Å². The summed E-state index contributed by atoms with van der Waals surface area (Å²) in [5.74, 6) is 0.781. The molecule has 10 nitrogen and oxygen atoms in total. The highest BCUT2D eigenvalue weighted by molar-refractivity contribution is 7.99. The number of aromatic amines is 1. The van der Waals surface area contributed by atoms with Crippen molar-refractivity contribution in [1.29, 1.82) is 0 Å². The monoisotopic (exact) mass is 550 g/mol. The van der Waals surface area contributed by atoms with Gasteiger partial charge in [-0.3, -0.25) is 0 Å². The summed E-state index contributed by atoms with van der Waals surface area (Å²) < 4.78 is 0. The second kappa shape index (κ2) is 8.70. The molecule has 3 aromatic heterocycles. The van der Waals surface area contributed by atoms with Crippen LogP contribution < -0.4 is 21.3 Å². The first kappa shape index (κ1) is 24.0. The number of aromatic carboxylic acids is 1. The number of H-pyrrole nitrogens is 1. The number of pyridine rings is 1. The van der Waals surface area contributed by atoms with E-state index in [2.05, 4.69) is 26.7 Å². The van der Waals surface area contributed by atoms with E-state index in [1.54, 1.807) is 6.07 Å². The maximum Gasteiger partial charge on any atom is 0.354 e. The van der Waals surface area contributed by atoms with Crippen molar-refractivity contribution in [3.05, 3.63) is 40.7 Å². The number of rotatable bonds is 6. The molecule has 2 unspecified atom stereocenters. The van der Waals surface area contributed by atoms with Crippen LogP contribution in [0.3, 0.4) is 0 Å². The molecule has 0 radical (unpaired) electrons. The van der Waals surface area contributed by atoms with Crippen molar-refractivity contribution in [1.82, 2.24) is 19.9 Å². The lowest BCUT2D eigenvalue weighted by molar-refractivity contribution is 0.0691. The molecule has 196 valence electrons. The molecule has 38 heavy (non-hydrogen) atoms. The number of hydrogen-bond donors (Lipinski definition) is 4. The summed E-state index contributed by atoms with van der Waals surface area (Å²) >= 11 is 8.18. The largest absolute Gasteiger partial charge is 0.477 e. The normalized spacial score (nSPS) is 22.8. The minimum Gasteiger partial charge on any atom is -0.477 e. The Labute approximate surface area is 227 Å². The average molecular weight is 551 g/mol. The van der Waals surface area contributed by atoms with Gasteiger partial charge in [0.15, 0.2) is 10.9 Å². The van der Waals surface area contributed by atoms with Gasteiger partial charge in [-0.05, 0) is 54.3 Å². The van der Waals surface area contributed by atoms with E-state index in [-0.39, 0.29) is 17.8 Å². The lowest BCUT2D eigenvalue weighted by atomic mass is 10.1. The standard InChI is InChI=1S/C26H27ClN8O2S/c1-2-16-21(27)20-23(31-16)32-26(33-24(20)35-9-14-15(10-35)22(14)29)38-12-3-4-13-17(5-12)30-18(25(36)37)6-19(13)34-7-11(28)8-34/h3-6,11,14-15,22H,2,7-10,28-29H2,1H3,(H,36,37)(H,31,32,33). The number of piperidine rings is 1. The fraction of sp³-hybridized carbons (Fsp3) is 0.385. The molecular formula is C26H27ClN8O2S. The summed E-state index contributed by atoms with van der Waals surface area (Å²) in [7, 11) is 0. The topological polar surface area (TPSA) is 150 Å². The lowest BCUT2D eigenvalue weighted by Gasteiger charge is -2.39. The van der Waals surface area contributed by atoms with Gasteiger partial charge in [-0.2, -0.15) is 0 Å². The SMILES string of the molecule is CCc1[nH]c2nc(Sc3ccc4c(N5CC(N)C5)cc(C(=O)O)nc4c3)nc(N3CC4C(N)C4C3)c2c1Cl. The van der Waals surface area contributed by atoms with Gasteiger partial charge in [0.1, 0.15) is 11.5 Å². The van der Waals surface area contributed by atoms with E-state index in [9.17, 15) is 9.90 Å². The summed E-state index contributed by atoms with van der Waals surface area (Å²) in [5.41, 5.74) is 15.3. The van der Waals surface area contributed by atoms with Crippen LogP contribution >= 0.6 is 23.4 Å². The minimum absolute atomic E-state index is 0.00834. The first-order chi connectivity index (χ1) is 18.3. The van der Waals surface area contributed by atoms with Crippen LogP contribution in [0.25, 0.3) is 21.9 Å². The zero-order valence-corrected chi connectivity index (χ0v) is 22.3. The number of benzene rings is 1. The van der Waals surface area contributed by atoms with Crippen molar-refractivity contribution in [2.45, 2.75) is 35.5 Å². The van der Waals surface area contributed by atoms with Crippen LogP contribution in [0.2, 0.25) is 5.02 Å². The Morgan fingerprint density at radius 2 is 1.89 bits per heavy atom. The number of carboxylic acids is 1. The molecule has 2 saturated heterocycles. The third kappa shape index (κ3) is 3.79. The van der Waals surface area contributed by atoms with Crippen molar-refractivity contribution in [3.8, 4) is 0 Å². The maximum atomic E-state index is 11.8. The molecule has 3 aliphatic rings.